The number of nitrogens with one attached hydrogen (secondary N) is 2. The molecular formula is C28H38N6O3. The molecule has 0 aliphatic carbocycles. The largest absolute Gasteiger partial charge is 0.338 e. The van der Waals surface area contributed by atoms with Crippen LogP contribution in [0.25, 0.3) is 0 Å². The van der Waals surface area contributed by atoms with Crippen LogP contribution in [0.2, 0.25) is 0 Å². The molecule has 1 fully saturated rings. The van der Waals surface area contributed by atoms with Crippen LogP contribution in [0, 0.1) is 5.92 Å². The van der Waals surface area contributed by atoms with E-state index in [2.05, 4.69) is 27.1 Å². The Bertz CT molecular complexity index is 1120. The fraction of sp³-hybridized carbons (Fsp3) is 0.500. The molecule has 0 radical (unpaired) electrons. The summed E-state index contributed by atoms with van der Waals surface area (Å²) in [6, 6.07) is 9.66. The standard InChI is InChI=1S/C28H38N6O3/c1-6-24(35)33-14-10-13-20(16-33)26(36)31-25-21-17-34(28(2,3)22(21)15-29-25)27(37)30-23(18-32(4)5)19-11-8-7-9-12-19/h6-9,11-12,20,23H,1,10,13-18H2,2-5H3,(H,30,37)(H,29,31,36)/t20-,23+/m0/s1. The number of carbonyl (C=O) groups is 3. The minimum Gasteiger partial charge on any atom is -0.338 e. The minimum absolute atomic E-state index is 0.134. The highest BCUT2D eigenvalue weighted by Gasteiger charge is 2.46. The van der Waals surface area contributed by atoms with Crippen molar-refractivity contribution >= 4 is 23.7 Å². The molecular weight excluding hydrogens is 468 g/mol. The molecule has 3 aliphatic heterocycles. The van der Waals surface area contributed by atoms with Crippen molar-refractivity contribution < 1.29 is 14.4 Å². The van der Waals surface area contributed by atoms with E-state index in [-0.39, 0.29) is 29.8 Å². The Kier molecular flexibility index (Phi) is 7.82. The highest BCUT2D eigenvalue weighted by Crippen LogP contribution is 2.38. The highest BCUT2D eigenvalue weighted by molar-refractivity contribution is 6.11. The van der Waals surface area contributed by atoms with Crippen LogP contribution in [0.4, 0.5) is 4.79 Å². The Morgan fingerprint density at radius 2 is 1.97 bits per heavy atom. The summed E-state index contributed by atoms with van der Waals surface area (Å²) in [6.45, 7) is 10.1. The van der Waals surface area contributed by atoms with Gasteiger partial charge in [-0.25, -0.2) is 4.79 Å². The van der Waals surface area contributed by atoms with Gasteiger partial charge in [-0.15, -0.1) is 0 Å². The molecule has 0 bridgehead atoms. The molecule has 1 saturated heterocycles. The number of benzene rings is 1. The van der Waals surface area contributed by atoms with E-state index in [1.54, 1.807) is 4.90 Å². The molecule has 0 aromatic heterocycles. The van der Waals surface area contributed by atoms with E-state index >= 15 is 0 Å². The van der Waals surface area contributed by atoms with Crippen LogP contribution in [0.15, 0.2) is 59.1 Å². The van der Waals surface area contributed by atoms with Crippen LogP contribution in [0.3, 0.4) is 0 Å². The fourth-order valence-electron chi connectivity index (χ4n) is 5.44. The predicted molar refractivity (Wildman–Crippen MR) is 144 cm³/mol. The zero-order valence-electron chi connectivity index (χ0n) is 22.3. The molecule has 0 spiro atoms. The summed E-state index contributed by atoms with van der Waals surface area (Å²) in [4.78, 5) is 48.9. The second-order valence-corrected chi connectivity index (χ2v) is 10.8. The zero-order valence-corrected chi connectivity index (χ0v) is 22.3. The summed E-state index contributed by atoms with van der Waals surface area (Å²) in [7, 11) is 3.98. The summed E-state index contributed by atoms with van der Waals surface area (Å²) in [6.07, 6.45) is 2.78. The van der Waals surface area contributed by atoms with E-state index in [1.807, 2.05) is 63.2 Å². The molecule has 3 heterocycles. The quantitative estimate of drug-likeness (QED) is 0.579. The first kappa shape index (κ1) is 26.6. The van der Waals surface area contributed by atoms with Crippen molar-refractivity contribution in [1.82, 2.24) is 25.3 Å². The second kappa shape index (κ2) is 10.9. The molecule has 37 heavy (non-hydrogen) atoms. The van der Waals surface area contributed by atoms with Gasteiger partial charge in [0.1, 0.15) is 5.84 Å². The fourth-order valence-corrected chi connectivity index (χ4v) is 5.44. The van der Waals surface area contributed by atoms with Crippen molar-refractivity contribution in [2.45, 2.75) is 38.3 Å². The third-order valence-corrected chi connectivity index (χ3v) is 7.59. The van der Waals surface area contributed by atoms with Crippen LogP contribution in [0.1, 0.15) is 38.3 Å². The Hall–Kier alpha value is -3.46. The molecule has 2 atom stereocenters. The molecule has 9 heteroatoms. The molecule has 198 valence electrons. The van der Waals surface area contributed by atoms with Crippen molar-refractivity contribution in [2.75, 3.05) is 46.8 Å². The number of urea groups is 1. The molecule has 4 rings (SSSR count). The van der Waals surface area contributed by atoms with Gasteiger partial charge in [0.2, 0.25) is 11.8 Å². The maximum atomic E-state index is 13.6. The summed E-state index contributed by atoms with van der Waals surface area (Å²) in [5.41, 5.74) is 2.47. The lowest BCUT2D eigenvalue weighted by Gasteiger charge is -2.36. The number of hydrogen-bond acceptors (Lipinski definition) is 5. The number of carbonyl (C=O) groups excluding carboxylic acids is 3. The maximum Gasteiger partial charge on any atom is 0.318 e. The minimum atomic E-state index is -0.535. The van der Waals surface area contributed by atoms with E-state index in [0.29, 0.717) is 38.6 Å². The summed E-state index contributed by atoms with van der Waals surface area (Å²) < 4.78 is 0. The van der Waals surface area contributed by atoms with Crippen molar-refractivity contribution in [3.05, 3.63) is 59.7 Å². The van der Waals surface area contributed by atoms with E-state index < -0.39 is 5.54 Å². The number of amides is 4. The van der Waals surface area contributed by atoms with Crippen LogP contribution >= 0.6 is 0 Å². The number of aliphatic imine (C=N–C) groups is 1. The second-order valence-electron chi connectivity index (χ2n) is 10.8. The number of likely N-dealkylation sites (tertiary alicyclic amines) is 1. The normalized spacial score (nSPS) is 21.4. The number of rotatable bonds is 6. The number of hydrogen-bond donors (Lipinski definition) is 2. The Morgan fingerprint density at radius 1 is 1.24 bits per heavy atom. The molecule has 9 nitrogen and oxygen atoms in total. The maximum absolute atomic E-state index is 13.6. The third kappa shape index (κ3) is 5.61. The molecule has 0 saturated carbocycles. The van der Waals surface area contributed by atoms with Gasteiger partial charge >= 0.3 is 6.03 Å². The SMILES string of the molecule is C=CC(=O)N1CCC[C@H](C(=O)NC2=NCC3=C2CN(C(=O)N[C@H](CN(C)C)c2ccccc2)C3(C)C)C1. The lowest BCUT2D eigenvalue weighted by molar-refractivity contribution is -0.131. The smallest absolute Gasteiger partial charge is 0.318 e. The molecule has 3 aliphatic rings. The van der Waals surface area contributed by atoms with Crippen molar-refractivity contribution in [3.63, 3.8) is 0 Å². The van der Waals surface area contributed by atoms with Crippen LogP contribution in [-0.4, -0.2) is 90.7 Å². The molecule has 2 N–H and O–H groups in total. The van der Waals surface area contributed by atoms with Gasteiger partial charge in [0, 0.05) is 25.2 Å². The first-order valence-corrected chi connectivity index (χ1v) is 12.9. The van der Waals surface area contributed by atoms with Gasteiger partial charge in [0.15, 0.2) is 0 Å². The van der Waals surface area contributed by atoms with Gasteiger partial charge in [-0.3, -0.25) is 14.6 Å². The molecule has 1 aromatic carbocycles. The number of piperidine rings is 1. The van der Waals surface area contributed by atoms with Crippen LogP contribution in [0.5, 0.6) is 0 Å². The van der Waals surface area contributed by atoms with Gasteiger partial charge in [-0.1, -0.05) is 36.9 Å². The van der Waals surface area contributed by atoms with E-state index in [9.17, 15) is 14.4 Å². The molecule has 1 aromatic rings. The van der Waals surface area contributed by atoms with E-state index in [1.165, 1.54) is 6.08 Å². The Labute approximate surface area is 219 Å². The summed E-state index contributed by atoms with van der Waals surface area (Å²) in [5.74, 6) is -0.0345. The third-order valence-electron chi connectivity index (χ3n) is 7.59. The lowest BCUT2D eigenvalue weighted by Crippen LogP contribution is -2.52. The lowest BCUT2D eigenvalue weighted by atomic mass is 9.94. The van der Waals surface area contributed by atoms with Gasteiger partial charge in [-0.2, -0.15) is 0 Å². The van der Waals surface area contributed by atoms with Crippen molar-refractivity contribution in [1.29, 1.82) is 0 Å². The van der Waals surface area contributed by atoms with Gasteiger partial charge in [-0.05, 0) is 58.0 Å². The van der Waals surface area contributed by atoms with Gasteiger partial charge in [0.25, 0.3) is 0 Å². The van der Waals surface area contributed by atoms with Crippen molar-refractivity contribution in [2.24, 2.45) is 10.9 Å². The number of likely N-dealkylation sites (N-methyl/N-ethyl adjacent to an activating group) is 1. The van der Waals surface area contributed by atoms with E-state index in [4.69, 9.17) is 0 Å². The number of nitrogens with zero attached hydrogens (tertiary/aromatic N) is 4. The predicted octanol–water partition coefficient (Wildman–Crippen LogP) is 2.34. The summed E-state index contributed by atoms with van der Waals surface area (Å²) >= 11 is 0. The number of amidine groups is 1. The highest BCUT2D eigenvalue weighted by atomic mass is 16.2. The first-order chi connectivity index (χ1) is 17.6. The average molecular weight is 507 g/mol. The van der Waals surface area contributed by atoms with Gasteiger partial charge in [0.05, 0.1) is 30.6 Å². The topological polar surface area (TPSA) is 97.4 Å². The Balaban J connectivity index is 1.43. The zero-order chi connectivity index (χ0) is 26.7. The molecule has 0 unspecified atom stereocenters. The van der Waals surface area contributed by atoms with Crippen molar-refractivity contribution in [3.8, 4) is 0 Å². The average Bonchev–Trinajstić information content (AvgIpc) is 3.41. The van der Waals surface area contributed by atoms with Crippen LogP contribution in [-0.2, 0) is 9.59 Å². The Morgan fingerprint density at radius 3 is 2.65 bits per heavy atom. The van der Waals surface area contributed by atoms with Gasteiger partial charge < -0.3 is 25.3 Å². The van der Waals surface area contributed by atoms with Crippen LogP contribution < -0.4 is 10.6 Å². The first-order valence-electron chi connectivity index (χ1n) is 12.9. The molecule has 4 amide bonds. The summed E-state index contributed by atoms with van der Waals surface area (Å²) in [5, 5.41) is 6.24. The van der Waals surface area contributed by atoms with E-state index in [0.717, 1.165) is 29.6 Å². The monoisotopic (exact) mass is 506 g/mol.